The maximum absolute atomic E-state index is 2.51. The summed E-state index contributed by atoms with van der Waals surface area (Å²) in [6.07, 6.45) is 0. The Morgan fingerprint density at radius 1 is 0.143 bits per heavy atom. The van der Waals surface area contributed by atoms with Gasteiger partial charge in [-0.15, -0.1) is 0 Å². The van der Waals surface area contributed by atoms with Gasteiger partial charge in [0.15, 0.2) is 0 Å². The summed E-state index contributed by atoms with van der Waals surface area (Å²) >= 11 is 0. The molecule has 0 unspecified atom stereocenters. The Bertz CT molecular complexity index is 4030. The third-order valence-corrected chi connectivity index (χ3v) is 15.3. The molecule has 0 radical (unpaired) electrons. The van der Waals surface area contributed by atoms with Gasteiger partial charge in [-0.05, 0) is 179 Å². The van der Waals surface area contributed by atoms with E-state index in [-0.39, 0.29) is 0 Å². The summed E-state index contributed by atoms with van der Waals surface area (Å²) < 4.78 is 0. The van der Waals surface area contributed by atoms with Gasteiger partial charge >= 0.3 is 0 Å². The predicted octanol–water partition coefficient (Wildman–Crippen LogP) is 19.6. The first-order valence-corrected chi connectivity index (χ1v) is 24.4. The zero-order valence-electron chi connectivity index (χ0n) is 38.2. The molecule has 2 aliphatic rings. The van der Waals surface area contributed by atoms with E-state index in [2.05, 4.69) is 255 Å². The summed E-state index contributed by atoms with van der Waals surface area (Å²) in [5, 5.41) is 10.1. The molecule has 0 fully saturated rings. The molecule has 70 heavy (non-hydrogen) atoms. The van der Waals surface area contributed by atoms with Crippen molar-refractivity contribution >= 4 is 43.1 Å². The van der Waals surface area contributed by atoms with Crippen LogP contribution in [0.1, 0.15) is 0 Å². The van der Waals surface area contributed by atoms with Gasteiger partial charge in [-0.25, -0.2) is 0 Å². The van der Waals surface area contributed by atoms with E-state index in [1.54, 1.807) is 0 Å². The Balaban J connectivity index is 1.17. The molecule has 0 saturated carbocycles. The van der Waals surface area contributed by atoms with Gasteiger partial charge in [-0.3, -0.25) is 0 Å². The minimum Gasteiger partial charge on any atom is -0.0622 e. The standard InChI is InChI=1S/C70H42/c1-3-17-47(18-4-1)65-66(48-19-5-2-6-20-48)68(52-34-32-44-16-8-10-22-50(44)40-52)70(54-36-38-56-58-28-12-24-46-26-14-30-60(64(46)58)62(56)42-54)69(67(65)51-33-31-43-15-7-9-21-49(43)39-51)53-35-37-55-57-27-11-23-45-25-13-29-59(63(45)57)61(55)41-53/h1-42H. The largest absolute Gasteiger partial charge is 0.0622 e. The Morgan fingerprint density at radius 2 is 0.443 bits per heavy atom. The second kappa shape index (κ2) is 15.2. The number of rotatable bonds is 6. The lowest BCUT2D eigenvalue weighted by Gasteiger charge is -2.29. The molecule has 0 nitrogen and oxygen atoms in total. The molecular weight excluding hydrogens is 841 g/mol. The van der Waals surface area contributed by atoms with E-state index in [4.69, 9.17) is 0 Å². The van der Waals surface area contributed by atoms with Crippen LogP contribution in [-0.2, 0) is 0 Å². The molecule has 0 spiro atoms. The van der Waals surface area contributed by atoms with E-state index in [9.17, 15) is 0 Å². The van der Waals surface area contributed by atoms with Gasteiger partial charge in [0, 0.05) is 0 Å². The van der Waals surface area contributed by atoms with Crippen LogP contribution in [-0.4, -0.2) is 0 Å². The molecule has 322 valence electrons. The Labute approximate surface area is 407 Å². The topological polar surface area (TPSA) is 0 Å². The van der Waals surface area contributed by atoms with E-state index in [0.717, 1.165) is 0 Å². The van der Waals surface area contributed by atoms with Crippen LogP contribution in [0.2, 0.25) is 0 Å². The summed E-state index contributed by atoms with van der Waals surface area (Å²) in [5.41, 5.74) is 24.7. The average Bonchev–Trinajstić information content (AvgIpc) is 3.93. The summed E-state index contributed by atoms with van der Waals surface area (Å²) in [7, 11) is 0. The summed E-state index contributed by atoms with van der Waals surface area (Å²) in [6, 6.07) is 95.9. The first-order valence-electron chi connectivity index (χ1n) is 24.4. The molecular formula is C70H42. The van der Waals surface area contributed by atoms with Crippen LogP contribution < -0.4 is 0 Å². The van der Waals surface area contributed by atoms with Gasteiger partial charge in [0.25, 0.3) is 0 Å². The van der Waals surface area contributed by atoms with Crippen molar-refractivity contribution in [3.63, 3.8) is 0 Å². The van der Waals surface area contributed by atoms with Crippen LogP contribution in [0.15, 0.2) is 255 Å². The van der Waals surface area contributed by atoms with Gasteiger partial charge in [0.05, 0.1) is 0 Å². The van der Waals surface area contributed by atoms with Crippen LogP contribution in [0.25, 0.3) is 154 Å². The zero-order chi connectivity index (χ0) is 45.9. The van der Waals surface area contributed by atoms with Crippen LogP contribution in [0.5, 0.6) is 0 Å². The molecule has 0 aromatic heterocycles. The third kappa shape index (κ3) is 5.78. The van der Waals surface area contributed by atoms with Crippen molar-refractivity contribution in [1.82, 2.24) is 0 Å². The Morgan fingerprint density at radius 3 is 0.843 bits per heavy atom. The SMILES string of the molecule is c1ccc(-c2c(-c3ccccc3)c(-c3ccc4ccccc4c3)c(-c3ccc4c(c3)-c3cccc5cccc-4c35)c(-c3ccc4c(c3)-c3cccc5cccc-4c35)c2-c2ccc3ccccc3c2)cc1. The lowest BCUT2D eigenvalue weighted by atomic mass is 9.73. The molecule has 0 N–H and O–H groups in total. The van der Waals surface area contributed by atoms with Gasteiger partial charge in [-0.2, -0.15) is 0 Å². The van der Waals surface area contributed by atoms with Crippen LogP contribution >= 0.6 is 0 Å². The molecule has 0 aliphatic heterocycles. The molecule has 0 heteroatoms. The highest BCUT2D eigenvalue weighted by Crippen LogP contribution is 2.59. The average molecular weight is 883 g/mol. The van der Waals surface area contributed by atoms with Gasteiger partial charge < -0.3 is 0 Å². The second-order valence-electron chi connectivity index (χ2n) is 19.0. The lowest BCUT2D eigenvalue weighted by molar-refractivity contribution is 1.52. The summed E-state index contributed by atoms with van der Waals surface area (Å²) in [6.45, 7) is 0. The molecule has 0 heterocycles. The van der Waals surface area contributed by atoms with Crippen molar-refractivity contribution in [2.45, 2.75) is 0 Å². The number of fused-ring (bicyclic) bond motifs is 8. The van der Waals surface area contributed by atoms with Crippen molar-refractivity contribution in [3.05, 3.63) is 255 Å². The molecule has 13 aromatic carbocycles. The second-order valence-corrected chi connectivity index (χ2v) is 19.0. The highest BCUT2D eigenvalue weighted by Gasteiger charge is 2.32. The van der Waals surface area contributed by atoms with Crippen LogP contribution in [0.3, 0.4) is 0 Å². The maximum atomic E-state index is 2.51. The molecule has 15 rings (SSSR count). The molecule has 0 amide bonds. The van der Waals surface area contributed by atoms with E-state index >= 15 is 0 Å². The van der Waals surface area contributed by atoms with E-state index in [0.29, 0.717) is 0 Å². The van der Waals surface area contributed by atoms with Gasteiger partial charge in [0.2, 0.25) is 0 Å². The Kier molecular flexibility index (Phi) is 8.46. The van der Waals surface area contributed by atoms with Crippen molar-refractivity contribution in [2.24, 2.45) is 0 Å². The van der Waals surface area contributed by atoms with E-state index < -0.39 is 0 Å². The van der Waals surface area contributed by atoms with Crippen molar-refractivity contribution in [2.75, 3.05) is 0 Å². The first-order chi connectivity index (χ1) is 34.7. The number of hydrogen-bond donors (Lipinski definition) is 0. The highest BCUT2D eigenvalue weighted by molar-refractivity contribution is 6.21. The van der Waals surface area contributed by atoms with Crippen molar-refractivity contribution in [3.8, 4) is 111 Å². The number of benzene rings is 13. The van der Waals surface area contributed by atoms with Crippen LogP contribution in [0.4, 0.5) is 0 Å². The van der Waals surface area contributed by atoms with Gasteiger partial charge in [0.1, 0.15) is 0 Å². The minimum absolute atomic E-state index is 1.17. The first kappa shape index (κ1) is 38.9. The third-order valence-electron chi connectivity index (χ3n) is 15.3. The fourth-order valence-corrected chi connectivity index (χ4v) is 12.3. The Hall–Kier alpha value is -9.10. The molecule has 0 bridgehead atoms. The molecule has 0 atom stereocenters. The molecule has 13 aromatic rings. The quantitative estimate of drug-likeness (QED) is 0.156. The lowest BCUT2D eigenvalue weighted by Crippen LogP contribution is -2.02. The number of hydrogen-bond acceptors (Lipinski definition) is 0. The minimum atomic E-state index is 1.17. The highest BCUT2D eigenvalue weighted by atomic mass is 14.3. The predicted molar refractivity (Wildman–Crippen MR) is 298 cm³/mol. The van der Waals surface area contributed by atoms with E-state index in [1.165, 1.54) is 154 Å². The van der Waals surface area contributed by atoms with E-state index in [1.807, 2.05) is 0 Å². The normalized spacial score (nSPS) is 12.0. The molecule has 2 aliphatic carbocycles. The van der Waals surface area contributed by atoms with Crippen molar-refractivity contribution < 1.29 is 0 Å². The van der Waals surface area contributed by atoms with Gasteiger partial charge in [-0.1, -0.05) is 231 Å². The fourth-order valence-electron chi connectivity index (χ4n) is 12.3. The summed E-state index contributed by atoms with van der Waals surface area (Å²) in [5.74, 6) is 0. The maximum Gasteiger partial charge on any atom is -0.00136 e. The summed E-state index contributed by atoms with van der Waals surface area (Å²) in [4.78, 5) is 0. The monoisotopic (exact) mass is 882 g/mol. The van der Waals surface area contributed by atoms with Crippen LogP contribution in [0, 0.1) is 0 Å². The zero-order valence-corrected chi connectivity index (χ0v) is 38.2. The van der Waals surface area contributed by atoms with Crippen molar-refractivity contribution in [1.29, 1.82) is 0 Å². The smallest absolute Gasteiger partial charge is 0.00136 e. The fraction of sp³-hybridized carbons (Fsp3) is 0. The molecule has 0 saturated heterocycles.